The number of nitrogens with one attached hydrogen (secondary N) is 4. The minimum absolute atomic E-state index is 0.0849. The van der Waals surface area contributed by atoms with E-state index in [1.807, 2.05) is 31.3 Å². The molecule has 6 heteroatoms. The zero-order valence-electron chi connectivity index (χ0n) is 13.6. The first-order valence-corrected chi connectivity index (χ1v) is 8.29. The smallest absolute Gasteiger partial charge is 0.168 e. The topological polar surface area (TPSA) is 60.5 Å². The van der Waals surface area contributed by atoms with Gasteiger partial charge in [0, 0.05) is 19.2 Å². The van der Waals surface area contributed by atoms with Crippen molar-refractivity contribution in [1.29, 1.82) is 0 Å². The van der Waals surface area contributed by atoms with Crippen LogP contribution < -0.4 is 21.3 Å². The third-order valence-corrected chi connectivity index (χ3v) is 3.91. The summed E-state index contributed by atoms with van der Waals surface area (Å²) >= 11 is 5.30. The van der Waals surface area contributed by atoms with Crippen molar-refractivity contribution in [3.63, 3.8) is 0 Å². The highest BCUT2D eigenvalue weighted by Gasteiger charge is 2.21. The van der Waals surface area contributed by atoms with Gasteiger partial charge in [-0.05, 0) is 24.7 Å². The van der Waals surface area contributed by atoms with Gasteiger partial charge in [0.05, 0.1) is 11.4 Å². The van der Waals surface area contributed by atoms with Crippen molar-refractivity contribution in [3.8, 4) is 0 Å². The second-order valence-electron chi connectivity index (χ2n) is 5.82. The molecule has 2 aliphatic heterocycles. The third kappa shape index (κ3) is 4.02. The van der Waals surface area contributed by atoms with Gasteiger partial charge < -0.3 is 21.3 Å². The SMILES string of the molecule is C=C(C)CNC(=S)NC1CC=C2NC=C(c3ccccc3)NC2=N1. The lowest BCUT2D eigenvalue weighted by Gasteiger charge is -2.28. The van der Waals surface area contributed by atoms with E-state index in [-0.39, 0.29) is 6.17 Å². The summed E-state index contributed by atoms with van der Waals surface area (Å²) in [5.74, 6) is 0.822. The fourth-order valence-corrected chi connectivity index (χ4v) is 2.65. The van der Waals surface area contributed by atoms with Crippen LogP contribution in [-0.4, -0.2) is 23.7 Å². The van der Waals surface area contributed by atoms with Crippen molar-refractivity contribution in [2.45, 2.75) is 19.5 Å². The molecular formula is C18H21N5S. The van der Waals surface area contributed by atoms with Gasteiger partial charge in [-0.2, -0.15) is 0 Å². The number of hydrogen-bond acceptors (Lipinski definition) is 4. The summed E-state index contributed by atoms with van der Waals surface area (Å²) in [5, 5.41) is 13.6. The van der Waals surface area contributed by atoms with Crippen molar-refractivity contribution >= 4 is 28.9 Å². The monoisotopic (exact) mass is 339 g/mol. The summed E-state index contributed by atoms with van der Waals surface area (Å²) in [6.07, 6.45) is 4.77. The molecule has 2 aliphatic rings. The van der Waals surface area contributed by atoms with E-state index in [2.05, 4.69) is 46.1 Å². The molecule has 4 N–H and O–H groups in total. The molecule has 24 heavy (non-hydrogen) atoms. The molecule has 1 aromatic rings. The van der Waals surface area contributed by atoms with Crippen LogP contribution in [0.25, 0.3) is 5.70 Å². The molecule has 0 radical (unpaired) electrons. The lowest BCUT2D eigenvalue weighted by Crippen LogP contribution is -2.45. The van der Waals surface area contributed by atoms with Gasteiger partial charge in [0.15, 0.2) is 10.9 Å². The summed E-state index contributed by atoms with van der Waals surface area (Å²) in [4.78, 5) is 4.72. The summed E-state index contributed by atoms with van der Waals surface area (Å²) in [7, 11) is 0. The van der Waals surface area contributed by atoms with Crippen molar-refractivity contribution in [2.75, 3.05) is 6.54 Å². The lowest BCUT2D eigenvalue weighted by molar-refractivity contribution is 0.623. The number of rotatable bonds is 4. The first-order chi connectivity index (χ1) is 11.6. The van der Waals surface area contributed by atoms with Crippen LogP contribution in [0.2, 0.25) is 0 Å². The Morgan fingerprint density at radius 1 is 1.33 bits per heavy atom. The number of fused-ring (bicyclic) bond motifs is 1. The van der Waals surface area contributed by atoms with Gasteiger partial charge in [0.1, 0.15) is 6.17 Å². The number of dihydropyridines is 1. The Morgan fingerprint density at radius 3 is 2.88 bits per heavy atom. The van der Waals surface area contributed by atoms with E-state index in [1.165, 1.54) is 0 Å². The maximum absolute atomic E-state index is 5.30. The molecule has 5 nitrogen and oxygen atoms in total. The van der Waals surface area contributed by atoms with E-state index in [0.717, 1.165) is 34.8 Å². The average Bonchev–Trinajstić information content (AvgIpc) is 2.60. The largest absolute Gasteiger partial charge is 0.359 e. The van der Waals surface area contributed by atoms with Gasteiger partial charge in [-0.25, -0.2) is 4.99 Å². The van der Waals surface area contributed by atoms with Crippen LogP contribution in [-0.2, 0) is 0 Å². The Hall–Kier alpha value is -2.60. The molecule has 1 atom stereocenters. The van der Waals surface area contributed by atoms with Gasteiger partial charge in [-0.3, -0.25) is 0 Å². The van der Waals surface area contributed by atoms with Gasteiger partial charge in [0.25, 0.3) is 0 Å². The van der Waals surface area contributed by atoms with Crippen molar-refractivity contribution < 1.29 is 0 Å². The highest BCUT2D eigenvalue weighted by atomic mass is 32.1. The molecule has 2 heterocycles. The maximum atomic E-state index is 5.30. The molecule has 0 aliphatic carbocycles. The normalized spacial score (nSPS) is 18.7. The lowest BCUT2D eigenvalue weighted by atomic mass is 10.1. The third-order valence-electron chi connectivity index (χ3n) is 3.64. The van der Waals surface area contributed by atoms with Gasteiger partial charge >= 0.3 is 0 Å². The molecule has 0 amide bonds. The molecule has 3 rings (SSSR count). The number of thiocarbonyl (C=S) groups is 1. The maximum Gasteiger partial charge on any atom is 0.168 e. The zero-order valence-corrected chi connectivity index (χ0v) is 14.4. The number of nitrogens with zero attached hydrogens (tertiary/aromatic N) is 1. The van der Waals surface area contributed by atoms with Crippen LogP contribution in [0.3, 0.4) is 0 Å². The summed E-state index contributed by atoms with van der Waals surface area (Å²) in [5.41, 5.74) is 4.14. The number of aliphatic imine (C=N–C) groups is 1. The van der Waals surface area contributed by atoms with E-state index in [9.17, 15) is 0 Å². The molecule has 0 fully saturated rings. The van der Waals surface area contributed by atoms with E-state index in [4.69, 9.17) is 17.2 Å². The van der Waals surface area contributed by atoms with Crippen LogP contribution in [0, 0.1) is 0 Å². The molecule has 0 saturated carbocycles. The van der Waals surface area contributed by atoms with E-state index in [1.54, 1.807) is 0 Å². The Bertz CT molecular complexity index is 733. The van der Waals surface area contributed by atoms with Crippen molar-refractivity contribution in [2.24, 2.45) is 4.99 Å². The molecule has 1 aromatic carbocycles. The number of hydrogen-bond donors (Lipinski definition) is 4. The Kier molecular flexibility index (Phi) is 4.96. The predicted octanol–water partition coefficient (Wildman–Crippen LogP) is 2.23. The Morgan fingerprint density at radius 2 is 2.12 bits per heavy atom. The number of amidine groups is 1. The number of benzene rings is 1. The Labute approximate surface area is 147 Å². The molecule has 0 saturated heterocycles. The summed E-state index contributed by atoms with van der Waals surface area (Å²) in [6.45, 7) is 6.48. The van der Waals surface area contributed by atoms with Crippen molar-refractivity contribution in [3.05, 3.63) is 66.0 Å². The van der Waals surface area contributed by atoms with Crippen molar-refractivity contribution in [1.82, 2.24) is 21.3 Å². The highest BCUT2D eigenvalue weighted by molar-refractivity contribution is 7.80. The van der Waals surface area contributed by atoms with Crippen LogP contribution in [0.15, 0.2) is 65.4 Å². The fraction of sp³-hybridized carbons (Fsp3) is 0.222. The summed E-state index contributed by atoms with van der Waals surface area (Å²) < 4.78 is 0. The first kappa shape index (κ1) is 16.3. The molecule has 1 unspecified atom stereocenters. The van der Waals surface area contributed by atoms with E-state index < -0.39 is 0 Å². The molecule has 124 valence electrons. The standard InChI is InChI=1S/C18H21N5S/c1-12(2)10-20-18(24)23-16-9-8-14-17(22-16)21-15(11-19-14)13-6-4-3-5-7-13/h3-8,11,16,19H,1,9-10H2,2H3,(H,21,22)(H2,20,23,24). The second-order valence-corrected chi connectivity index (χ2v) is 6.23. The molecular weight excluding hydrogens is 318 g/mol. The van der Waals surface area contributed by atoms with Crippen LogP contribution >= 0.6 is 12.2 Å². The second kappa shape index (κ2) is 7.31. The quantitative estimate of drug-likeness (QED) is 0.501. The molecule has 0 aromatic heterocycles. The van der Waals surface area contributed by atoms with Gasteiger partial charge in [0.2, 0.25) is 0 Å². The molecule has 0 spiro atoms. The van der Waals surface area contributed by atoms with Crippen LogP contribution in [0.1, 0.15) is 18.9 Å². The predicted molar refractivity (Wildman–Crippen MR) is 103 cm³/mol. The van der Waals surface area contributed by atoms with E-state index in [0.29, 0.717) is 11.7 Å². The summed E-state index contributed by atoms with van der Waals surface area (Å²) in [6, 6.07) is 10.2. The van der Waals surface area contributed by atoms with Gasteiger partial charge in [-0.1, -0.05) is 48.6 Å². The highest BCUT2D eigenvalue weighted by Crippen LogP contribution is 2.18. The van der Waals surface area contributed by atoms with E-state index >= 15 is 0 Å². The average molecular weight is 339 g/mol. The van der Waals surface area contributed by atoms with Crippen LogP contribution in [0.5, 0.6) is 0 Å². The van der Waals surface area contributed by atoms with Crippen LogP contribution in [0.4, 0.5) is 0 Å². The Balaban J connectivity index is 1.65. The minimum Gasteiger partial charge on any atom is -0.359 e. The first-order valence-electron chi connectivity index (χ1n) is 7.88. The molecule has 0 bridgehead atoms. The minimum atomic E-state index is -0.0849. The van der Waals surface area contributed by atoms with Gasteiger partial charge in [-0.15, -0.1) is 0 Å². The fourth-order valence-electron chi connectivity index (χ4n) is 2.44. The zero-order chi connectivity index (χ0) is 16.9.